The summed E-state index contributed by atoms with van der Waals surface area (Å²) in [7, 11) is 0. The van der Waals surface area contributed by atoms with Crippen LogP contribution in [0.3, 0.4) is 0 Å². The van der Waals surface area contributed by atoms with Crippen LogP contribution >= 0.6 is 0 Å². The average Bonchev–Trinajstić information content (AvgIpc) is 3.43. The van der Waals surface area contributed by atoms with Gasteiger partial charge in [-0.3, -0.25) is 14.4 Å². The van der Waals surface area contributed by atoms with E-state index in [1.165, 1.54) is 0 Å². The number of aryl methyl sites for hydroxylation is 1. The number of rotatable bonds is 8. The van der Waals surface area contributed by atoms with Crippen LogP contribution in [0.4, 0.5) is 0 Å². The van der Waals surface area contributed by atoms with E-state index >= 15 is 0 Å². The summed E-state index contributed by atoms with van der Waals surface area (Å²) in [5.74, 6) is 0.144. The Kier molecular flexibility index (Phi) is 6.67. The summed E-state index contributed by atoms with van der Waals surface area (Å²) in [6.45, 7) is 4.51. The third-order valence-electron chi connectivity index (χ3n) is 6.44. The van der Waals surface area contributed by atoms with E-state index in [1.54, 1.807) is 11.8 Å². The number of carbonyl (C=O) groups is 3. The van der Waals surface area contributed by atoms with Crippen LogP contribution < -0.4 is 5.32 Å². The second kappa shape index (κ2) is 9.65. The van der Waals surface area contributed by atoms with Crippen molar-refractivity contribution in [1.82, 2.24) is 10.2 Å². The molecule has 33 heavy (non-hydrogen) atoms. The van der Waals surface area contributed by atoms with Gasteiger partial charge in [-0.25, -0.2) is 0 Å². The highest BCUT2D eigenvalue weighted by molar-refractivity contribution is 5.92. The zero-order valence-corrected chi connectivity index (χ0v) is 19.1. The van der Waals surface area contributed by atoms with Crippen molar-refractivity contribution in [3.63, 3.8) is 0 Å². The molecule has 7 heteroatoms. The van der Waals surface area contributed by atoms with E-state index < -0.39 is 11.3 Å². The predicted octanol–water partition coefficient (Wildman–Crippen LogP) is 3.87. The maximum atomic E-state index is 13.5. The zero-order chi connectivity index (χ0) is 23.4. The normalized spacial score (nSPS) is 22.0. The van der Waals surface area contributed by atoms with Crippen LogP contribution in [-0.2, 0) is 32.2 Å². The number of hydrogen-bond acceptors (Lipinski definition) is 5. The first kappa shape index (κ1) is 22.8. The van der Waals surface area contributed by atoms with Crippen molar-refractivity contribution in [3.8, 4) is 0 Å². The lowest BCUT2D eigenvalue weighted by Crippen LogP contribution is -2.52. The number of carbonyl (C=O) groups excluding carboxylic acids is 3. The molecule has 1 fully saturated rings. The molecule has 2 heterocycles. The number of fused-ring (bicyclic) bond motifs is 1. The van der Waals surface area contributed by atoms with Crippen LogP contribution in [0.25, 0.3) is 0 Å². The van der Waals surface area contributed by atoms with Crippen LogP contribution in [0.5, 0.6) is 0 Å². The molecule has 1 aromatic carbocycles. The smallest absolute Gasteiger partial charge is 0.318 e. The summed E-state index contributed by atoms with van der Waals surface area (Å²) in [4.78, 5) is 41.1. The minimum absolute atomic E-state index is 0.0122. The number of allylic oxidation sites excluding steroid dienone is 1. The van der Waals surface area contributed by atoms with Gasteiger partial charge in [-0.15, -0.1) is 0 Å². The molecule has 0 bridgehead atoms. The van der Waals surface area contributed by atoms with Crippen molar-refractivity contribution in [2.45, 2.75) is 52.6 Å². The first-order valence-electron chi connectivity index (χ1n) is 11.5. The number of piperidine rings is 1. The number of amides is 2. The lowest BCUT2D eigenvalue weighted by atomic mass is 9.71. The van der Waals surface area contributed by atoms with E-state index in [0.29, 0.717) is 25.1 Å². The van der Waals surface area contributed by atoms with Gasteiger partial charge in [-0.05, 0) is 50.8 Å². The summed E-state index contributed by atoms with van der Waals surface area (Å²) in [5, 5.41) is 2.84. The highest BCUT2D eigenvalue weighted by Gasteiger charge is 2.55. The molecule has 0 spiro atoms. The van der Waals surface area contributed by atoms with E-state index in [9.17, 15) is 14.4 Å². The maximum absolute atomic E-state index is 13.5. The average molecular weight is 451 g/mol. The van der Waals surface area contributed by atoms with Gasteiger partial charge in [-0.2, -0.15) is 0 Å². The SMILES string of the molecule is CCOC(=O)[C@]12CCC=C1N(Cc1ccccc1)C(=O)[C@H](CC(=O)NCc1ccc(C)o1)C2. The number of nitrogens with one attached hydrogen (secondary N) is 1. The highest BCUT2D eigenvalue weighted by atomic mass is 16.5. The Balaban J connectivity index is 1.55. The van der Waals surface area contributed by atoms with Crippen molar-refractivity contribution in [2.24, 2.45) is 11.3 Å². The van der Waals surface area contributed by atoms with Crippen LogP contribution in [0.2, 0.25) is 0 Å². The summed E-state index contributed by atoms with van der Waals surface area (Å²) in [6.07, 6.45) is 3.56. The lowest BCUT2D eigenvalue weighted by Gasteiger charge is -2.44. The summed E-state index contributed by atoms with van der Waals surface area (Å²) in [6, 6.07) is 13.3. The molecule has 0 unspecified atom stereocenters. The first-order valence-corrected chi connectivity index (χ1v) is 11.5. The molecule has 0 saturated carbocycles. The van der Waals surface area contributed by atoms with Crippen molar-refractivity contribution in [3.05, 3.63) is 71.3 Å². The highest BCUT2D eigenvalue weighted by Crippen LogP contribution is 2.51. The molecule has 2 aromatic rings. The van der Waals surface area contributed by atoms with Gasteiger partial charge in [0.05, 0.1) is 19.7 Å². The molecule has 0 radical (unpaired) electrons. The molecule has 7 nitrogen and oxygen atoms in total. The molecular weight excluding hydrogens is 420 g/mol. The van der Waals surface area contributed by atoms with Gasteiger partial charge in [0.25, 0.3) is 0 Å². The monoisotopic (exact) mass is 450 g/mol. The van der Waals surface area contributed by atoms with E-state index in [1.807, 2.05) is 55.5 Å². The lowest BCUT2D eigenvalue weighted by molar-refractivity contribution is -0.161. The molecule has 1 N–H and O–H groups in total. The second-order valence-electron chi connectivity index (χ2n) is 8.73. The van der Waals surface area contributed by atoms with Crippen molar-refractivity contribution in [2.75, 3.05) is 6.61 Å². The van der Waals surface area contributed by atoms with Crippen LogP contribution in [0, 0.1) is 18.3 Å². The Morgan fingerprint density at radius 3 is 2.70 bits per heavy atom. The standard InChI is InChI=1S/C26H30N2O5/c1-3-32-25(31)26-13-7-10-22(26)28(17-19-8-5-4-6-9-19)24(30)20(15-26)14-23(29)27-16-21-12-11-18(2)33-21/h4-6,8-12,20H,3,7,13-17H2,1-2H3,(H,27,29)/t20-,26+/m1/s1. The molecule has 2 aliphatic rings. The topological polar surface area (TPSA) is 88.8 Å². The summed E-state index contributed by atoms with van der Waals surface area (Å²) < 4.78 is 11.0. The number of likely N-dealkylation sites (tertiary alicyclic amines) is 1. The molecule has 174 valence electrons. The molecular formula is C26H30N2O5. The van der Waals surface area contributed by atoms with Gasteiger partial charge in [0.2, 0.25) is 11.8 Å². The van der Waals surface area contributed by atoms with Gasteiger partial charge < -0.3 is 19.4 Å². The molecule has 1 saturated heterocycles. The summed E-state index contributed by atoms with van der Waals surface area (Å²) in [5.41, 5.74) is 0.800. The Morgan fingerprint density at radius 1 is 1.21 bits per heavy atom. The maximum Gasteiger partial charge on any atom is 0.318 e. The fourth-order valence-electron chi connectivity index (χ4n) is 4.91. The molecule has 4 rings (SSSR count). The fourth-order valence-corrected chi connectivity index (χ4v) is 4.91. The predicted molar refractivity (Wildman–Crippen MR) is 121 cm³/mol. The Labute approximate surface area is 193 Å². The van der Waals surface area contributed by atoms with Gasteiger partial charge in [0, 0.05) is 18.0 Å². The third kappa shape index (κ3) is 4.72. The number of esters is 1. The van der Waals surface area contributed by atoms with Gasteiger partial charge in [0.15, 0.2) is 0 Å². The molecule has 1 aliphatic heterocycles. The Morgan fingerprint density at radius 2 is 2.00 bits per heavy atom. The van der Waals surface area contributed by atoms with Crippen molar-refractivity contribution < 1.29 is 23.5 Å². The van der Waals surface area contributed by atoms with Gasteiger partial charge in [-0.1, -0.05) is 36.4 Å². The van der Waals surface area contributed by atoms with Crippen LogP contribution in [-0.4, -0.2) is 29.3 Å². The molecule has 1 aromatic heterocycles. The van der Waals surface area contributed by atoms with E-state index in [4.69, 9.17) is 9.15 Å². The number of hydrogen-bond donors (Lipinski definition) is 1. The second-order valence-corrected chi connectivity index (χ2v) is 8.73. The minimum atomic E-state index is -0.887. The zero-order valence-electron chi connectivity index (χ0n) is 19.1. The Hall–Kier alpha value is -3.35. The van der Waals surface area contributed by atoms with E-state index in [2.05, 4.69) is 5.32 Å². The molecule has 2 amide bonds. The number of nitrogens with zero attached hydrogens (tertiary/aromatic N) is 1. The van der Waals surface area contributed by atoms with Crippen molar-refractivity contribution >= 4 is 17.8 Å². The van der Waals surface area contributed by atoms with Crippen molar-refractivity contribution in [1.29, 1.82) is 0 Å². The molecule has 2 atom stereocenters. The largest absolute Gasteiger partial charge is 0.465 e. The van der Waals surface area contributed by atoms with Crippen LogP contribution in [0.1, 0.15) is 49.7 Å². The first-order chi connectivity index (χ1) is 15.9. The van der Waals surface area contributed by atoms with E-state index in [0.717, 1.165) is 17.0 Å². The Bertz CT molecular complexity index is 1060. The number of benzene rings is 1. The quantitative estimate of drug-likeness (QED) is 0.617. The summed E-state index contributed by atoms with van der Waals surface area (Å²) >= 11 is 0. The fraction of sp³-hybridized carbons (Fsp3) is 0.423. The van der Waals surface area contributed by atoms with Gasteiger partial charge in [0.1, 0.15) is 16.9 Å². The van der Waals surface area contributed by atoms with E-state index in [-0.39, 0.29) is 43.8 Å². The minimum Gasteiger partial charge on any atom is -0.465 e. The third-order valence-corrected chi connectivity index (χ3v) is 6.44. The van der Waals surface area contributed by atoms with Crippen LogP contribution in [0.15, 0.2) is 58.7 Å². The molecule has 1 aliphatic carbocycles. The number of ether oxygens (including phenoxy) is 1. The van der Waals surface area contributed by atoms with Gasteiger partial charge >= 0.3 is 5.97 Å². The number of furan rings is 1.